The van der Waals surface area contributed by atoms with Gasteiger partial charge in [-0.3, -0.25) is 0 Å². The molecule has 0 N–H and O–H groups in total. The molecule has 0 saturated heterocycles. The molecule has 0 atom stereocenters. The van der Waals surface area contributed by atoms with Crippen molar-refractivity contribution in [2.24, 2.45) is 0 Å². The summed E-state index contributed by atoms with van der Waals surface area (Å²) >= 11 is 1.75. The third-order valence-electron chi connectivity index (χ3n) is 11.7. The highest BCUT2D eigenvalue weighted by atomic mass is 32.1. The minimum Gasteiger partial charge on any atom is -0.228 e. The van der Waals surface area contributed by atoms with E-state index < -0.39 is 0 Å². The van der Waals surface area contributed by atoms with Crippen LogP contribution in [0.4, 0.5) is 0 Å². The summed E-state index contributed by atoms with van der Waals surface area (Å²) in [4.78, 5) is 21.2. The monoisotopic (exact) mass is 794 g/mol. The van der Waals surface area contributed by atoms with Crippen molar-refractivity contribution < 1.29 is 0 Å². The molecule has 5 heteroatoms. The number of hydrogen-bond donors (Lipinski definition) is 0. The minimum absolute atomic E-state index is 0.663. The van der Waals surface area contributed by atoms with Crippen LogP contribution in [0.15, 0.2) is 206 Å². The van der Waals surface area contributed by atoms with Crippen molar-refractivity contribution in [2.75, 3.05) is 0 Å². The van der Waals surface area contributed by atoms with E-state index in [2.05, 4.69) is 176 Å². The van der Waals surface area contributed by atoms with Gasteiger partial charge in [0.15, 0.2) is 11.6 Å². The Morgan fingerprint density at radius 2 is 0.770 bits per heavy atom. The second kappa shape index (κ2) is 14.5. The number of thiophene rings is 1. The predicted molar refractivity (Wildman–Crippen MR) is 256 cm³/mol. The van der Waals surface area contributed by atoms with Crippen LogP contribution < -0.4 is 0 Å². The Hall–Kier alpha value is -7.86. The van der Waals surface area contributed by atoms with Gasteiger partial charge in [-0.2, -0.15) is 0 Å². The fourth-order valence-electron chi connectivity index (χ4n) is 8.74. The van der Waals surface area contributed by atoms with E-state index in [-0.39, 0.29) is 0 Å². The molecule has 4 nitrogen and oxygen atoms in total. The van der Waals surface area contributed by atoms with E-state index in [9.17, 15) is 0 Å². The fraction of sp³-hybridized carbons (Fsp3) is 0. The highest BCUT2D eigenvalue weighted by molar-refractivity contribution is 7.26. The van der Waals surface area contributed by atoms with Crippen LogP contribution in [0.3, 0.4) is 0 Å². The molecule has 0 spiro atoms. The van der Waals surface area contributed by atoms with Gasteiger partial charge < -0.3 is 0 Å². The van der Waals surface area contributed by atoms with E-state index in [1.54, 1.807) is 11.3 Å². The SMILES string of the molecule is c1ccc(-c2cc(-c3cc(-c4ccc5c6ccccc6c6ccccc6c5c4)cc(-c4nc(-c5ccccc5)c5sc6ccccc6c5n4)c3)nc(-c3ccccc3)n2)cc1. The quantitative estimate of drug-likeness (QED) is 0.157. The molecule has 12 rings (SSSR count). The van der Waals surface area contributed by atoms with Gasteiger partial charge in [0.25, 0.3) is 0 Å². The van der Waals surface area contributed by atoms with Crippen LogP contribution in [0.2, 0.25) is 0 Å². The van der Waals surface area contributed by atoms with E-state index in [4.69, 9.17) is 19.9 Å². The lowest BCUT2D eigenvalue weighted by molar-refractivity contribution is 1.18. The first kappa shape index (κ1) is 35.1. The summed E-state index contributed by atoms with van der Waals surface area (Å²) in [6.45, 7) is 0. The van der Waals surface area contributed by atoms with Crippen LogP contribution >= 0.6 is 11.3 Å². The molecule has 3 heterocycles. The van der Waals surface area contributed by atoms with Crippen molar-refractivity contribution in [1.29, 1.82) is 0 Å². The number of aromatic nitrogens is 4. The highest BCUT2D eigenvalue weighted by Crippen LogP contribution is 2.42. The predicted octanol–water partition coefficient (Wildman–Crippen LogP) is 15.1. The summed E-state index contributed by atoms with van der Waals surface area (Å²) in [6.07, 6.45) is 0. The summed E-state index contributed by atoms with van der Waals surface area (Å²) in [7, 11) is 0. The number of hydrogen-bond acceptors (Lipinski definition) is 5. The van der Waals surface area contributed by atoms with Crippen molar-refractivity contribution in [3.05, 3.63) is 206 Å². The third kappa shape index (κ3) is 6.14. The van der Waals surface area contributed by atoms with Gasteiger partial charge >= 0.3 is 0 Å². The molecule has 61 heavy (non-hydrogen) atoms. The first-order valence-electron chi connectivity index (χ1n) is 20.5. The highest BCUT2D eigenvalue weighted by Gasteiger charge is 2.20. The van der Waals surface area contributed by atoms with Gasteiger partial charge in [-0.15, -0.1) is 11.3 Å². The van der Waals surface area contributed by atoms with Crippen LogP contribution in [0.5, 0.6) is 0 Å². The van der Waals surface area contributed by atoms with E-state index in [1.165, 1.54) is 37.0 Å². The van der Waals surface area contributed by atoms with E-state index in [0.717, 1.165) is 71.6 Å². The van der Waals surface area contributed by atoms with E-state index >= 15 is 0 Å². The van der Waals surface area contributed by atoms with Crippen LogP contribution in [0.25, 0.3) is 120 Å². The summed E-state index contributed by atoms with van der Waals surface area (Å²) in [6, 6.07) is 72.7. The lowest BCUT2D eigenvalue weighted by atomic mass is 9.91. The van der Waals surface area contributed by atoms with E-state index in [1.807, 2.05) is 30.3 Å². The van der Waals surface area contributed by atoms with Crippen LogP contribution in [-0.4, -0.2) is 19.9 Å². The Balaban J connectivity index is 1.14. The zero-order valence-corrected chi connectivity index (χ0v) is 33.6. The molecule has 0 saturated carbocycles. The maximum Gasteiger partial charge on any atom is 0.160 e. The number of fused-ring (bicyclic) bond motifs is 9. The Kier molecular flexibility index (Phi) is 8.32. The largest absolute Gasteiger partial charge is 0.228 e. The topological polar surface area (TPSA) is 51.6 Å². The molecular weight excluding hydrogens is 761 g/mol. The molecular formula is C56H34N4S. The van der Waals surface area contributed by atoms with Crippen LogP contribution in [0, 0.1) is 0 Å². The zero-order valence-electron chi connectivity index (χ0n) is 32.8. The van der Waals surface area contributed by atoms with Crippen molar-refractivity contribution in [3.8, 4) is 67.7 Å². The molecule has 0 unspecified atom stereocenters. The summed E-state index contributed by atoms with van der Waals surface area (Å²) < 4.78 is 2.27. The normalized spacial score (nSPS) is 11.6. The smallest absolute Gasteiger partial charge is 0.160 e. The fourth-order valence-corrected chi connectivity index (χ4v) is 9.89. The molecule has 284 valence electrons. The lowest BCUT2D eigenvalue weighted by Crippen LogP contribution is -1.98. The molecule has 9 aromatic carbocycles. The number of benzene rings is 9. The maximum absolute atomic E-state index is 5.43. The Morgan fingerprint density at radius 1 is 0.279 bits per heavy atom. The molecule has 0 bridgehead atoms. The molecule has 0 aliphatic rings. The average molecular weight is 795 g/mol. The van der Waals surface area contributed by atoms with Gasteiger partial charge in [0.1, 0.15) is 0 Å². The zero-order chi connectivity index (χ0) is 40.3. The van der Waals surface area contributed by atoms with Gasteiger partial charge in [0.2, 0.25) is 0 Å². The Bertz CT molecular complexity index is 3550. The van der Waals surface area contributed by atoms with Crippen molar-refractivity contribution in [1.82, 2.24) is 19.9 Å². The molecule has 0 amide bonds. The number of nitrogens with zero attached hydrogens (tertiary/aromatic N) is 4. The van der Waals surface area contributed by atoms with Gasteiger partial charge in [0.05, 0.1) is 27.3 Å². The van der Waals surface area contributed by atoms with Gasteiger partial charge in [-0.25, -0.2) is 19.9 Å². The Morgan fingerprint density at radius 3 is 1.44 bits per heavy atom. The molecule has 12 aromatic rings. The summed E-state index contributed by atoms with van der Waals surface area (Å²) in [5.74, 6) is 1.33. The molecule has 0 radical (unpaired) electrons. The molecule has 0 aliphatic heterocycles. The molecule has 0 aliphatic carbocycles. The van der Waals surface area contributed by atoms with Crippen LogP contribution in [0.1, 0.15) is 0 Å². The lowest BCUT2D eigenvalue weighted by Gasteiger charge is -2.15. The van der Waals surface area contributed by atoms with Gasteiger partial charge in [0, 0.05) is 37.9 Å². The minimum atomic E-state index is 0.663. The van der Waals surface area contributed by atoms with E-state index in [0.29, 0.717) is 11.6 Å². The summed E-state index contributed by atoms with van der Waals surface area (Å²) in [5.41, 5.74) is 10.6. The number of rotatable bonds is 6. The average Bonchev–Trinajstić information content (AvgIpc) is 3.73. The van der Waals surface area contributed by atoms with Gasteiger partial charge in [-0.1, -0.05) is 170 Å². The van der Waals surface area contributed by atoms with Crippen molar-refractivity contribution in [3.63, 3.8) is 0 Å². The second-order valence-electron chi connectivity index (χ2n) is 15.4. The second-order valence-corrected chi connectivity index (χ2v) is 16.4. The first-order valence-corrected chi connectivity index (χ1v) is 21.3. The van der Waals surface area contributed by atoms with Crippen molar-refractivity contribution in [2.45, 2.75) is 0 Å². The molecule has 3 aromatic heterocycles. The third-order valence-corrected chi connectivity index (χ3v) is 12.8. The molecule has 0 fully saturated rings. The maximum atomic E-state index is 5.43. The summed E-state index contributed by atoms with van der Waals surface area (Å²) in [5, 5.41) is 8.57. The van der Waals surface area contributed by atoms with Crippen LogP contribution in [-0.2, 0) is 0 Å². The Labute approximate surface area is 356 Å². The standard InChI is InChI=1S/C56H34N4S/c1-4-16-35(17-5-1)49-34-50(58-55(57-49)37-20-8-3-9-21-37)40-30-39(38-28-29-46-44-24-11-10-22-42(44)43-23-12-13-25-45(43)48(46)33-38)31-41(32-40)56-59-52(36-18-6-2-7-19-36)54-53(60-56)47-26-14-15-27-51(47)61-54/h1-34H. The van der Waals surface area contributed by atoms with Gasteiger partial charge in [-0.05, 0) is 79.8 Å². The van der Waals surface area contributed by atoms with Crippen molar-refractivity contribution >= 4 is 64.0 Å². The first-order chi connectivity index (χ1) is 30.2.